The molecule has 0 aliphatic carbocycles. The molecule has 0 spiro atoms. The molecule has 0 amide bonds. The fourth-order valence-corrected chi connectivity index (χ4v) is 1.54. The molecule has 0 radical (unpaired) electrons. The fraction of sp³-hybridized carbons (Fsp3) is 0.600. The Bertz CT molecular complexity index is 265. The highest BCUT2D eigenvalue weighted by molar-refractivity contribution is 5.05. The molecule has 0 aromatic rings. The molecule has 1 nitrogen and oxygen atoms in total. The summed E-state index contributed by atoms with van der Waals surface area (Å²) in [6.45, 7) is 9.34. The minimum absolute atomic E-state index is 0.662. The van der Waals surface area contributed by atoms with Crippen molar-refractivity contribution in [3.63, 3.8) is 0 Å². The van der Waals surface area contributed by atoms with Crippen LogP contribution in [0.4, 0.5) is 0 Å². The van der Waals surface area contributed by atoms with Gasteiger partial charge in [0.05, 0.1) is 0 Å². The van der Waals surface area contributed by atoms with Crippen molar-refractivity contribution in [3.8, 4) is 0 Å². The van der Waals surface area contributed by atoms with E-state index in [4.69, 9.17) is 5.73 Å². The van der Waals surface area contributed by atoms with E-state index >= 15 is 0 Å². The minimum atomic E-state index is 0.662. The van der Waals surface area contributed by atoms with E-state index in [9.17, 15) is 0 Å². The van der Waals surface area contributed by atoms with Gasteiger partial charge in [0, 0.05) is 6.54 Å². The van der Waals surface area contributed by atoms with E-state index in [-0.39, 0.29) is 0 Å². The molecule has 0 fully saturated rings. The molecule has 0 saturated heterocycles. The van der Waals surface area contributed by atoms with Crippen molar-refractivity contribution >= 4 is 0 Å². The number of rotatable bonds is 7. The molecular formula is C15H27N. The lowest BCUT2D eigenvalue weighted by atomic mass is 10.1. The zero-order valence-electron chi connectivity index (χ0n) is 11.3. The van der Waals surface area contributed by atoms with E-state index in [1.165, 1.54) is 29.6 Å². The Morgan fingerprint density at radius 2 is 1.31 bits per heavy atom. The predicted octanol–water partition coefficient (Wildman–Crippen LogP) is 4.36. The molecule has 0 bridgehead atoms. The van der Waals surface area contributed by atoms with Crippen molar-refractivity contribution in [1.29, 1.82) is 0 Å². The molecule has 0 atom stereocenters. The van der Waals surface area contributed by atoms with E-state index in [2.05, 4.69) is 45.9 Å². The van der Waals surface area contributed by atoms with E-state index < -0.39 is 0 Å². The molecule has 92 valence electrons. The van der Waals surface area contributed by atoms with Crippen LogP contribution in [0.3, 0.4) is 0 Å². The van der Waals surface area contributed by atoms with E-state index in [1.807, 2.05) is 0 Å². The molecule has 0 rings (SSSR count). The van der Waals surface area contributed by atoms with Crippen LogP contribution in [0.25, 0.3) is 0 Å². The van der Waals surface area contributed by atoms with Gasteiger partial charge in [-0.2, -0.15) is 0 Å². The van der Waals surface area contributed by atoms with Crippen LogP contribution in [0.2, 0.25) is 0 Å². The Morgan fingerprint density at radius 1 is 0.812 bits per heavy atom. The number of hydrogen-bond acceptors (Lipinski definition) is 1. The topological polar surface area (TPSA) is 26.0 Å². The first-order valence-electron chi connectivity index (χ1n) is 6.21. The molecule has 0 aromatic heterocycles. The van der Waals surface area contributed by atoms with Gasteiger partial charge in [0.15, 0.2) is 0 Å². The normalized spacial score (nSPS) is 12.8. The van der Waals surface area contributed by atoms with Gasteiger partial charge in [0.1, 0.15) is 0 Å². The molecule has 16 heavy (non-hydrogen) atoms. The monoisotopic (exact) mass is 221 g/mol. The van der Waals surface area contributed by atoms with Crippen molar-refractivity contribution in [2.24, 2.45) is 5.73 Å². The van der Waals surface area contributed by atoms with Gasteiger partial charge in [0.25, 0.3) is 0 Å². The summed E-state index contributed by atoms with van der Waals surface area (Å²) in [5.74, 6) is 0. The van der Waals surface area contributed by atoms with E-state index in [0.717, 1.165) is 12.8 Å². The highest BCUT2D eigenvalue weighted by Crippen LogP contribution is 2.10. The number of hydrogen-bond donors (Lipinski definition) is 1. The minimum Gasteiger partial charge on any atom is -0.327 e. The van der Waals surface area contributed by atoms with Gasteiger partial charge in [-0.1, -0.05) is 34.9 Å². The summed E-state index contributed by atoms with van der Waals surface area (Å²) >= 11 is 0. The summed E-state index contributed by atoms with van der Waals surface area (Å²) in [4.78, 5) is 0. The van der Waals surface area contributed by atoms with Crippen molar-refractivity contribution in [2.45, 2.75) is 53.4 Å². The van der Waals surface area contributed by atoms with Gasteiger partial charge in [-0.15, -0.1) is 0 Å². The van der Waals surface area contributed by atoms with Crippen LogP contribution < -0.4 is 5.73 Å². The second kappa shape index (κ2) is 9.41. The third-order valence-corrected chi connectivity index (χ3v) is 2.59. The van der Waals surface area contributed by atoms with E-state index in [0.29, 0.717) is 6.54 Å². The summed E-state index contributed by atoms with van der Waals surface area (Å²) in [5.41, 5.74) is 9.77. The quantitative estimate of drug-likeness (QED) is 0.635. The molecule has 0 aliphatic heterocycles. The van der Waals surface area contributed by atoms with Gasteiger partial charge in [-0.3, -0.25) is 0 Å². The maximum atomic E-state index is 5.46. The van der Waals surface area contributed by atoms with Crippen molar-refractivity contribution < 1.29 is 0 Å². The Morgan fingerprint density at radius 3 is 1.81 bits per heavy atom. The highest BCUT2D eigenvalue weighted by atomic mass is 14.5. The first-order valence-corrected chi connectivity index (χ1v) is 6.21. The summed E-state index contributed by atoms with van der Waals surface area (Å²) in [5, 5.41) is 0. The van der Waals surface area contributed by atoms with Crippen LogP contribution in [0, 0.1) is 0 Å². The third kappa shape index (κ3) is 9.72. The average molecular weight is 221 g/mol. The number of nitrogens with two attached hydrogens (primary N) is 1. The Balaban J connectivity index is 3.79. The molecule has 1 heteroatoms. The maximum Gasteiger partial charge on any atom is 0.0109 e. The Kier molecular flexibility index (Phi) is 8.93. The molecule has 0 unspecified atom stereocenters. The summed E-state index contributed by atoms with van der Waals surface area (Å²) in [6.07, 6.45) is 11.4. The van der Waals surface area contributed by atoms with Crippen LogP contribution in [-0.2, 0) is 0 Å². The summed E-state index contributed by atoms with van der Waals surface area (Å²) in [6, 6.07) is 0. The smallest absolute Gasteiger partial charge is 0.0109 e. The summed E-state index contributed by atoms with van der Waals surface area (Å²) in [7, 11) is 0. The van der Waals surface area contributed by atoms with Crippen molar-refractivity contribution in [2.75, 3.05) is 6.54 Å². The van der Waals surface area contributed by atoms with Crippen LogP contribution in [0.15, 0.2) is 34.9 Å². The van der Waals surface area contributed by atoms with Crippen molar-refractivity contribution in [1.82, 2.24) is 0 Å². The van der Waals surface area contributed by atoms with Crippen LogP contribution >= 0.6 is 0 Å². The molecule has 2 N–H and O–H groups in total. The predicted molar refractivity (Wildman–Crippen MR) is 74.5 cm³/mol. The van der Waals surface area contributed by atoms with Gasteiger partial charge in [-0.25, -0.2) is 0 Å². The van der Waals surface area contributed by atoms with Gasteiger partial charge < -0.3 is 5.73 Å². The maximum absolute atomic E-state index is 5.46. The molecule has 0 heterocycles. The zero-order chi connectivity index (χ0) is 12.4. The van der Waals surface area contributed by atoms with Crippen LogP contribution in [0.5, 0.6) is 0 Å². The second-order valence-corrected chi connectivity index (χ2v) is 4.70. The largest absolute Gasteiger partial charge is 0.327 e. The first kappa shape index (κ1) is 15.2. The van der Waals surface area contributed by atoms with Gasteiger partial charge in [0.2, 0.25) is 0 Å². The zero-order valence-corrected chi connectivity index (χ0v) is 11.3. The molecular weight excluding hydrogens is 194 g/mol. The highest BCUT2D eigenvalue weighted by Gasteiger charge is 1.91. The average Bonchev–Trinajstić information content (AvgIpc) is 2.17. The molecule has 0 aliphatic rings. The van der Waals surface area contributed by atoms with Gasteiger partial charge in [-0.05, 0) is 53.4 Å². The van der Waals surface area contributed by atoms with Crippen LogP contribution in [-0.4, -0.2) is 6.54 Å². The van der Waals surface area contributed by atoms with E-state index in [1.54, 1.807) is 0 Å². The van der Waals surface area contributed by atoms with Crippen molar-refractivity contribution in [3.05, 3.63) is 34.9 Å². The lowest BCUT2D eigenvalue weighted by Gasteiger charge is -2.00. The molecule has 0 saturated carbocycles. The standard InChI is InChI=1S/C15H27N/c1-13(2)7-5-8-14(3)9-6-10-15(4)11-12-16/h7,9,11H,5-6,8,10,12,16H2,1-4H3/b14-9?,15-11+. The lowest BCUT2D eigenvalue weighted by Crippen LogP contribution is -1.94. The van der Waals surface area contributed by atoms with Crippen LogP contribution in [0.1, 0.15) is 53.4 Å². The summed E-state index contributed by atoms with van der Waals surface area (Å²) < 4.78 is 0. The first-order chi connectivity index (χ1) is 7.56. The Hall–Kier alpha value is -0.820. The SMILES string of the molecule is CC(C)=CCCC(C)=CCC/C(C)=C/CN. The number of allylic oxidation sites excluding steroid dienone is 5. The fourth-order valence-electron chi connectivity index (χ4n) is 1.54. The molecule has 0 aromatic carbocycles. The Labute approximate surface area is 101 Å². The lowest BCUT2D eigenvalue weighted by molar-refractivity contribution is 0.914. The van der Waals surface area contributed by atoms with Gasteiger partial charge >= 0.3 is 0 Å². The second-order valence-electron chi connectivity index (χ2n) is 4.70. The third-order valence-electron chi connectivity index (χ3n) is 2.59.